The van der Waals surface area contributed by atoms with Crippen molar-refractivity contribution in [3.63, 3.8) is 0 Å². The number of amides is 1. The lowest BCUT2D eigenvalue weighted by molar-refractivity contribution is -0.145. The van der Waals surface area contributed by atoms with Crippen LogP contribution in [0.15, 0.2) is 83.8 Å². The lowest BCUT2D eigenvalue weighted by atomic mass is 9.92. The third-order valence-corrected chi connectivity index (χ3v) is 7.75. The molecule has 0 aliphatic carbocycles. The van der Waals surface area contributed by atoms with Gasteiger partial charge in [-0.2, -0.15) is 8.42 Å². The number of hydrogen-bond acceptors (Lipinski definition) is 5. The van der Waals surface area contributed by atoms with Gasteiger partial charge in [-0.3, -0.25) is 14.1 Å². The van der Waals surface area contributed by atoms with E-state index in [0.29, 0.717) is 37.6 Å². The summed E-state index contributed by atoms with van der Waals surface area (Å²) in [7, 11) is -4.03. The van der Waals surface area contributed by atoms with E-state index in [1.807, 2.05) is 59.5 Å². The maximum atomic E-state index is 13.1. The van der Waals surface area contributed by atoms with Crippen molar-refractivity contribution < 1.29 is 27.3 Å². The average Bonchev–Trinajstić information content (AvgIpc) is 2.94. The molecule has 208 valence electrons. The highest BCUT2D eigenvalue weighted by atomic mass is 32.2. The Hall–Kier alpha value is -3.49. The molecule has 1 heterocycles. The SMILES string of the molecule is CCCCOC(=O)CC1CCN(C(=O)c2ccccc2-c2ccccc2)CC1.Cc1ccccc1S(=O)(=O)O. The van der Waals surface area contributed by atoms with Crippen molar-refractivity contribution in [1.82, 2.24) is 4.90 Å². The number of esters is 1. The van der Waals surface area contributed by atoms with Crippen molar-refractivity contribution in [3.05, 3.63) is 90.0 Å². The predicted molar refractivity (Wildman–Crippen MR) is 152 cm³/mol. The molecule has 39 heavy (non-hydrogen) atoms. The van der Waals surface area contributed by atoms with Gasteiger partial charge in [0.25, 0.3) is 16.0 Å². The highest BCUT2D eigenvalue weighted by Crippen LogP contribution is 2.27. The summed E-state index contributed by atoms with van der Waals surface area (Å²) in [6.45, 7) is 5.60. The quantitative estimate of drug-likeness (QED) is 0.204. The summed E-state index contributed by atoms with van der Waals surface area (Å²) < 4.78 is 35.1. The van der Waals surface area contributed by atoms with Gasteiger partial charge in [0.15, 0.2) is 0 Å². The van der Waals surface area contributed by atoms with Gasteiger partial charge in [-0.25, -0.2) is 0 Å². The largest absolute Gasteiger partial charge is 0.466 e. The first-order valence-electron chi connectivity index (χ1n) is 13.3. The Balaban J connectivity index is 0.000000320. The second-order valence-corrected chi connectivity index (χ2v) is 11.1. The average molecular weight is 552 g/mol. The summed E-state index contributed by atoms with van der Waals surface area (Å²) in [5, 5.41) is 0. The van der Waals surface area contributed by atoms with Crippen LogP contribution in [-0.4, -0.2) is 49.4 Å². The summed E-state index contributed by atoms with van der Waals surface area (Å²) in [4.78, 5) is 26.9. The smallest absolute Gasteiger partial charge is 0.306 e. The first kappa shape index (κ1) is 30.1. The van der Waals surface area contributed by atoms with Crippen molar-refractivity contribution in [2.45, 2.75) is 50.8 Å². The van der Waals surface area contributed by atoms with E-state index in [1.165, 1.54) is 6.07 Å². The van der Waals surface area contributed by atoms with E-state index >= 15 is 0 Å². The molecule has 7 nitrogen and oxygen atoms in total. The number of unbranched alkanes of at least 4 members (excludes halogenated alkanes) is 1. The molecular formula is C31H37NO6S. The summed E-state index contributed by atoms with van der Waals surface area (Å²) in [5.41, 5.74) is 3.31. The third-order valence-electron chi connectivity index (χ3n) is 6.73. The Kier molecular flexibility index (Phi) is 11.3. The minimum Gasteiger partial charge on any atom is -0.466 e. The van der Waals surface area contributed by atoms with Crippen LogP contribution in [0.5, 0.6) is 0 Å². The molecule has 1 fully saturated rings. The normalized spacial score (nSPS) is 13.8. The number of piperidine rings is 1. The maximum Gasteiger partial charge on any atom is 0.306 e. The molecule has 0 saturated carbocycles. The van der Waals surface area contributed by atoms with Crippen LogP contribution >= 0.6 is 0 Å². The van der Waals surface area contributed by atoms with Gasteiger partial charge in [0, 0.05) is 25.1 Å². The maximum absolute atomic E-state index is 13.1. The summed E-state index contributed by atoms with van der Waals surface area (Å²) >= 11 is 0. The van der Waals surface area contributed by atoms with Crippen LogP contribution in [0.4, 0.5) is 0 Å². The molecule has 1 saturated heterocycles. The van der Waals surface area contributed by atoms with Crippen molar-refractivity contribution in [2.24, 2.45) is 5.92 Å². The molecule has 1 amide bonds. The summed E-state index contributed by atoms with van der Waals surface area (Å²) in [6, 6.07) is 24.1. The van der Waals surface area contributed by atoms with Crippen molar-refractivity contribution >= 4 is 22.0 Å². The Morgan fingerprint density at radius 3 is 2.15 bits per heavy atom. The molecule has 0 radical (unpaired) electrons. The van der Waals surface area contributed by atoms with Crippen LogP contribution < -0.4 is 0 Å². The number of benzene rings is 3. The first-order chi connectivity index (χ1) is 18.7. The molecule has 0 spiro atoms. The zero-order chi connectivity index (χ0) is 28.3. The van der Waals surface area contributed by atoms with Crippen LogP contribution in [0.25, 0.3) is 11.1 Å². The molecule has 3 aromatic carbocycles. The molecule has 1 aliphatic heterocycles. The molecule has 1 N–H and O–H groups in total. The number of carbonyl (C=O) groups is 2. The topological polar surface area (TPSA) is 101 Å². The fourth-order valence-electron chi connectivity index (χ4n) is 4.52. The van der Waals surface area contributed by atoms with Crippen LogP contribution in [0.1, 0.15) is 54.9 Å². The minimum absolute atomic E-state index is 0.0278. The Bertz CT molecular complexity index is 1330. The second-order valence-electron chi connectivity index (χ2n) is 9.67. The van der Waals surface area contributed by atoms with E-state index in [-0.39, 0.29) is 16.8 Å². The fraction of sp³-hybridized carbons (Fsp3) is 0.355. The minimum atomic E-state index is -4.03. The molecule has 0 unspecified atom stereocenters. The van der Waals surface area contributed by atoms with E-state index in [0.717, 1.165) is 42.4 Å². The van der Waals surface area contributed by atoms with Gasteiger partial charge in [-0.15, -0.1) is 0 Å². The van der Waals surface area contributed by atoms with Gasteiger partial charge in [0.1, 0.15) is 0 Å². The van der Waals surface area contributed by atoms with Crippen molar-refractivity contribution in [3.8, 4) is 11.1 Å². The highest BCUT2D eigenvalue weighted by Gasteiger charge is 2.26. The number of hydrogen-bond donors (Lipinski definition) is 1. The second kappa shape index (κ2) is 14.6. The van der Waals surface area contributed by atoms with Crippen LogP contribution in [-0.2, 0) is 19.6 Å². The molecular weight excluding hydrogens is 514 g/mol. The number of likely N-dealkylation sites (tertiary alicyclic amines) is 1. The molecule has 1 aliphatic rings. The summed E-state index contributed by atoms with van der Waals surface area (Å²) in [6.07, 6.45) is 4.11. The standard InChI is InChI=1S/C24H29NO3.C7H8O3S/c1-2-3-17-28-23(26)18-19-13-15-25(16-14-19)24(27)22-12-8-7-11-21(22)20-9-5-4-6-10-20;1-6-4-2-3-5-7(6)11(8,9)10/h4-12,19H,2-3,13-18H2,1H3;2-5H,1H3,(H,8,9,10). The van der Waals surface area contributed by atoms with Crippen molar-refractivity contribution in [1.29, 1.82) is 0 Å². The van der Waals surface area contributed by atoms with Crippen LogP contribution in [0, 0.1) is 12.8 Å². The number of nitrogens with zero attached hydrogens (tertiary/aromatic N) is 1. The number of ether oxygens (including phenoxy) is 1. The molecule has 4 rings (SSSR count). The van der Waals surface area contributed by atoms with E-state index in [2.05, 4.69) is 6.92 Å². The van der Waals surface area contributed by atoms with Crippen LogP contribution in [0.3, 0.4) is 0 Å². The van der Waals surface area contributed by atoms with Gasteiger partial charge in [0.05, 0.1) is 11.5 Å². The summed E-state index contributed by atoms with van der Waals surface area (Å²) in [5.74, 6) is 0.276. The number of rotatable bonds is 8. The Labute approximate surface area is 231 Å². The third kappa shape index (κ3) is 9.04. The highest BCUT2D eigenvalue weighted by molar-refractivity contribution is 7.85. The van der Waals surface area contributed by atoms with E-state index in [9.17, 15) is 18.0 Å². The number of carbonyl (C=O) groups excluding carboxylic acids is 2. The van der Waals surface area contributed by atoms with Crippen molar-refractivity contribution in [2.75, 3.05) is 19.7 Å². The first-order valence-corrected chi connectivity index (χ1v) is 14.8. The van der Waals surface area contributed by atoms with E-state index in [4.69, 9.17) is 9.29 Å². The fourth-order valence-corrected chi connectivity index (χ4v) is 5.25. The lowest BCUT2D eigenvalue weighted by Crippen LogP contribution is -2.39. The Morgan fingerprint density at radius 2 is 1.54 bits per heavy atom. The van der Waals surface area contributed by atoms with Gasteiger partial charge in [-0.05, 0) is 60.9 Å². The zero-order valence-electron chi connectivity index (χ0n) is 22.6. The molecule has 0 atom stereocenters. The molecule has 0 bridgehead atoms. The zero-order valence-corrected chi connectivity index (χ0v) is 23.4. The van der Waals surface area contributed by atoms with Crippen LogP contribution in [0.2, 0.25) is 0 Å². The predicted octanol–water partition coefficient (Wildman–Crippen LogP) is 6.18. The Morgan fingerprint density at radius 1 is 0.923 bits per heavy atom. The lowest BCUT2D eigenvalue weighted by Gasteiger charge is -2.32. The monoisotopic (exact) mass is 551 g/mol. The van der Waals surface area contributed by atoms with Gasteiger partial charge >= 0.3 is 5.97 Å². The molecule has 3 aromatic rings. The van der Waals surface area contributed by atoms with E-state index in [1.54, 1.807) is 25.1 Å². The van der Waals surface area contributed by atoms with Gasteiger partial charge < -0.3 is 9.64 Å². The van der Waals surface area contributed by atoms with E-state index < -0.39 is 10.1 Å². The van der Waals surface area contributed by atoms with Gasteiger partial charge in [0.2, 0.25) is 0 Å². The number of aryl methyl sites for hydroxylation is 1. The molecule has 0 aromatic heterocycles. The van der Waals surface area contributed by atoms with Gasteiger partial charge in [-0.1, -0.05) is 80.1 Å². The molecule has 8 heteroatoms.